The third kappa shape index (κ3) is 5.25. The molecule has 8 heteroatoms. The van der Waals surface area contributed by atoms with Gasteiger partial charge in [-0.2, -0.15) is 5.10 Å². The van der Waals surface area contributed by atoms with Crippen molar-refractivity contribution in [3.63, 3.8) is 0 Å². The largest absolute Gasteiger partial charge is 0.309 e. The number of benzene rings is 1. The minimum absolute atomic E-state index is 0.0134. The van der Waals surface area contributed by atoms with E-state index in [0.717, 1.165) is 48.4 Å². The Bertz CT molecular complexity index is 963. The molecular formula is C21H24ClN5OS. The average Bonchev–Trinajstić information content (AvgIpc) is 3.29. The van der Waals surface area contributed by atoms with Crippen LogP contribution in [-0.4, -0.2) is 58.2 Å². The number of rotatable bonds is 6. The molecule has 0 spiro atoms. The number of carbonyl (C=O) groups is 1. The van der Waals surface area contributed by atoms with Crippen LogP contribution < -0.4 is 5.32 Å². The number of hydrogen-bond acceptors (Lipinski definition) is 5. The minimum atomic E-state index is -0.0134. The molecule has 0 atom stereocenters. The average molecular weight is 430 g/mol. The predicted molar refractivity (Wildman–Crippen MR) is 118 cm³/mol. The van der Waals surface area contributed by atoms with E-state index in [9.17, 15) is 4.79 Å². The lowest BCUT2D eigenvalue weighted by Crippen LogP contribution is -2.48. The number of aromatic nitrogens is 2. The lowest BCUT2D eigenvalue weighted by atomic mass is 10.3. The number of nitrogens with one attached hydrogen (secondary N) is 1. The first-order valence-corrected chi connectivity index (χ1v) is 10.9. The van der Waals surface area contributed by atoms with Crippen molar-refractivity contribution >= 4 is 34.7 Å². The Morgan fingerprint density at radius 2 is 1.83 bits per heavy atom. The lowest BCUT2D eigenvalue weighted by molar-refractivity contribution is -0.117. The van der Waals surface area contributed by atoms with Crippen LogP contribution in [0.3, 0.4) is 0 Å². The lowest BCUT2D eigenvalue weighted by Gasteiger charge is -2.34. The van der Waals surface area contributed by atoms with Gasteiger partial charge in [-0.05, 0) is 31.2 Å². The SMILES string of the molecule is Cc1cc(NC(=O)CN2CCN(Cc3ccc(Cl)s3)CC2)n(-c2ccccc2)n1. The molecule has 1 fully saturated rings. The van der Waals surface area contributed by atoms with E-state index in [1.165, 1.54) is 4.88 Å². The van der Waals surface area contributed by atoms with E-state index in [1.807, 2.05) is 49.4 Å². The Morgan fingerprint density at radius 3 is 2.52 bits per heavy atom. The molecule has 0 bridgehead atoms. The van der Waals surface area contributed by atoms with Crippen LogP contribution >= 0.6 is 22.9 Å². The van der Waals surface area contributed by atoms with Gasteiger partial charge in [0, 0.05) is 43.7 Å². The Balaban J connectivity index is 1.30. The van der Waals surface area contributed by atoms with E-state index in [-0.39, 0.29) is 5.91 Å². The van der Waals surface area contributed by atoms with Crippen LogP contribution in [0, 0.1) is 6.92 Å². The van der Waals surface area contributed by atoms with Gasteiger partial charge in [0.1, 0.15) is 5.82 Å². The van der Waals surface area contributed by atoms with Crippen molar-refractivity contribution < 1.29 is 4.79 Å². The summed E-state index contributed by atoms with van der Waals surface area (Å²) in [6.45, 7) is 6.89. The molecule has 4 rings (SSSR count). The highest BCUT2D eigenvalue weighted by atomic mass is 35.5. The summed E-state index contributed by atoms with van der Waals surface area (Å²) < 4.78 is 2.61. The van der Waals surface area contributed by atoms with Crippen LogP contribution in [0.4, 0.5) is 5.82 Å². The number of hydrogen-bond donors (Lipinski definition) is 1. The number of thiophene rings is 1. The molecule has 0 unspecified atom stereocenters. The molecule has 1 aliphatic heterocycles. The maximum Gasteiger partial charge on any atom is 0.239 e. The maximum atomic E-state index is 12.6. The molecule has 1 saturated heterocycles. The van der Waals surface area contributed by atoms with Gasteiger partial charge in [-0.3, -0.25) is 14.6 Å². The number of nitrogens with zero attached hydrogens (tertiary/aromatic N) is 4. The summed E-state index contributed by atoms with van der Waals surface area (Å²) in [5.74, 6) is 0.687. The van der Waals surface area contributed by atoms with Gasteiger partial charge in [-0.25, -0.2) is 4.68 Å². The van der Waals surface area contributed by atoms with Gasteiger partial charge >= 0.3 is 0 Å². The molecular weight excluding hydrogens is 406 g/mol. The van der Waals surface area contributed by atoms with E-state index in [0.29, 0.717) is 12.4 Å². The molecule has 29 heavy (non-hydrogen) atoms. The van der Waals surface area contributed by atoms with Crippen molar-refractivity contribution in [1.82, 2.24) is 19.6 Å². The zero-order chi connectivity index (χ0) is 20.2. The maximum absolute atomic E-state index is 12.6. The quantitative estimate of drug-likeness (QED) is 0.649. The monoisotopic (exact) mass is 429 g/mol. The van der Waals surface area contributed by atoms with Gasteiger partial charge in [0.2, 0.25) is 5.91 Å². The molecule has 0 saturated carbocycles. The van der Waals surface area contributed by atoms with E-state index >= 15 is 0 Å². The van der Waals surface area contributed by atoms with Gasteiger partial charge in [0.05, 0.1) is 22.3 Å². The van der Waals surface area contributed by atoms with E-state index in [4.69, 9.17) is 11.6 Å². The first kappa shape index (κ1) is 20.1. The number of piperazine rings is 1. The Labute approximate surface area is 179 Å². The van der Waals surface area contributed by atoms with Crippen LogP contribution in [0.1, 0.15) is 10.6 Å². The fourth-order valence-corrected chi connectivity index (χ4v) is 4.63. The number of aryl methyl sites for hydroxylation is 1. The van der Waals surface area contributed by atoms with Crippen molar-refractivity contribution in [2.45, 2.75) is 13.5 Å². The number of para-hydroxylation sites is 1. The third-order valence-electron chi connectivity index (χ3n) is 4.94. The van der Waals surface area contributed by atoms with Gasteiger partial charge in [0.15, 0.2) is 0 Å². The Kier molecular flexibility index (Phi) is 6.30. The molecule has 0 radical (unpaired) electrons. The van der Waals surface area contributed by atoms with Gasteiger partial charge in [0.25, 0.3) is 0 Å². The number of carbonyl (C=O) groups excluding carboxylic acids is 1. The first-order valence-electron chi connectivity index (χ1n) is 9.68. The van der Waals surface area contributed by atoms with E-state index < -0.39 is 0 Å². The molecule has 1 aliphatic rings. The number of amides is 1. The van der Waals surface area contributed by atoms with E-state index in [1.54, 1.807) is 16.0 Å². The smallest absolute Gasteiger partial charge is 0.239 e. The summed E-state index contributed by atoms with van der Waals surface area (Å²) in [6, 6.07) is 15.8. The third-order valence-corrected chi connectivity index (χ3v) is 6.16. The fraction of sp³-hybridized carbons (Fsp3) is 0.333. The van der Waals surface area contributed by atoms with Gasteiger partial charge in [-0.15, -0.1) is 11.3 Å². The molecule has 6 nitrogen and oxygen atoms in total. The van der Waals surface area contributed by atoms with Crippen LogP contribution in [0.5, 0.6) is 0 Å². The van der Waals surface area contributed by atoms with Crippen LogP contribution in [0.25, 0.3) is 5.69 Å². The predicted octanol–water partition coefficient (Wildman–Crippen LogP) is 3.65. The molecule has 1 N–H and O–H groups in total. The molecule has 2 aromatic heterocycles. The Morgan fingerprint density at radius 1 is 1.10 bits per heavy atom. The number of anilines is 1. The second kappa shape index (κ2) is 9.09. The topological polar surface area (TPSA) is 53.4 Å². The van der Waals surface area contributed by atoms with Crippen LogP contribution in [-0.2, 0) is 11.3 Å². The van der Waals surface area contributed by atoms with Crippen molar-refractivity contribution in [2.24, 2.45) is 0 Å². The first-order chi connectivity index (χ1) is 14.1. The summed E-state index contributed by atoms with van der Waals surface area (Å²) in [7, 11) is 0. The summed E-state index contributed by atoms with van der Waals surface area (Å²) in [6.07, 6.45) is 0. The van der Waals surface area contributed by atoms with Crippen molar-refractivity contribution in [3.8, 4) is 5.69 Å². The number of halogens is 1. The molecule has 3 aromatic rings. The molecule has 152 valence electrons. The highest BCUT2D eigenvalue weighted by molar-refractivity contribution is 7.16. The van der Waals surface area contributed by atoms with Gasteiger partial charge in [-0.1, -0.05) is 29.8 Å². The fourth-order valence-electron chi connectivity index (χ4n) is 3.50. The minimum Gasteiger partial charge on any atom is -0.309 e. The van der Waals surface area contributed by atoms with E-state index in [2.05, 4.69) is 26.3 Å². The van der Waals surface area contributed by atoms with Crippen LogP contribution in [0.15, 0.2) is 48.5 Å². The zero-order valence-corrected chi connectivity index (χ0v) is 17.9. The van der Waals surface area contributed by atoms with Crippen molar-refractivity contribution in [3.05, 3.63) is 63.4 Å². The highest BCUT2D eigenvalue weighted by Gasteiger charge is 2.20. The summed E-state index contributed by atoms with van der Waals surface area (Å²) in [5, 5.41) is 7.53. The zero-order valence-electron chi connectivity index (χ0n) is 16.3. The summed E-state index contributed by atoms with van der Waals surface area (Å²) in [4.78, 5) is 18.5. The van der Waals surface area contributed by atoms with Crippen LogP contribution in [0.2, 0.25) is 4.34 Å². The van der Waals surface area contributed by atoms with Crippen molar-refractivity contribution in [2.75, 3.05) is 38.0 Å². The molecule has 1 amide bonds. The molecule has 3 heterocycles. The standard InChI is InChI=1S/C21H24ClN5OS/c1-16-13-20(27(24-16)17-5-3-2-4-6-17)23-21(28)15-26-11-9-25(10-12-26)14-18-7-8-19(22)29-18/h2-8,13H,9-12,14-15H2,1H3,(H,23,28). The molecule has 0 aliphatic carbocycles. The summed E-state index contributed by atoms with van der Waals surface area (Å²) >= 11 is 7.65. The molecule has 1 aromatic carbocycles. The van der Waals surface area contributed by atoms with Gasteiger partial charge < -0.3 is 5.32 Å². The normalized spacial score (nSPS) is 15.5. The van der Waals surface area contributed by atoms with Crippen molar-refractivity contribution in [1.29, 1.82) is 0 Å². The summed E-state index contributed by atoms with van der Waals surface area (Å²) in [5.41, 5.74) is 1.80. The highest BCUT2D eigenvalue weighted by Crippen LogP contribution is 2.23. The Hall–Kier alpha value is -2.19. The second-order valence-corrected chi connectivity index (χ2v) is 9.02. The second-order valence-electron chi connectivity index (χ2n) is 7.22.